The second-order valence-electron chi connectivity index (χ2n) is 7.04. The van der Waals surface area contributed by atoms with E-state index in [0.717, 1.165) is 23.4 Å². The first-order valence-electron chi connectivity index (χ1n) is 9.42. The third-order valence-electron chi connectivity index (χ3n) is 5.11. The number of anilines is 1. The first-order valence-corrected chi connectivity index (χ1v) is 9.42. The number of nitrogens with one attached hydrogen (secondary N) is 2. The molecule has 0 aliphatic carbocycles. The van der Waals surface area contributed by atoms with Gasteiger partial charge in [-0.15, -0.1) is 0 Å². The number of carbonyl (C=O) groups is 1. The molecule has 0 fully saturated rings. The Morgan fingerprint density at radius 3 is 2.67 bits per heavy atom. The zero-order valence-corrected chi connectivity index (χ0v) is 16.9. The maximum absolute atomic E-state index is 13.4. The molecular formula is C22H22F2N4O2. The third-order valence-corrected chi connectivity index (χ3v) is 5.11. The van der Waals surface area contributed by atoms with Crippen LogP contribution in [-0.4, -0.2) is 17.0 Å². The second kappa shape index (κ2) is 8.93. The number of benzene rings is 1. The average Bonchev–Trinajstić information content (AvgIpc) is 3.31. The Bertz CT molecular complexity index is 1100. The molecule has 0 unspecified atom stereocenters. The number of amides is 1. The Hall–Kier alpha value is -3.44. The van der Waals surface area contributed by atoms with Crippen LogP contribution in [0.4, 0.5) is 14.6 Å². The summed E-state index contributed by atoms with van der Waals surface area (Å²) in [4.78, 5) is 12.6. The van der Waals surface area contributed by atoms with Gasteiger partial charge in [0.25, 0.3) is 0 Å². The number of rotatable bonds is 7. The van der Waals surface area contributed by atoms with Crippen LogP contribution in [0.2, 0.25) is 0 Å². The summed E-state index contributed by atoms with van der Waals surface area (Å²) in [5.74, 6) is -1.13. The summed E-state index contributed by atoms with van der Waals surface area (Å²) >= 11 is 0. The molecule has 0 saturated carbocycles. The normalized spacial score (nSPS) is 11.9. The minimum absolute atomic E-state index is 0.0743. The van der Waals surface area contributed by atoms with Gasteiger partial charge in [0.2, 0.25) is 5.91 Å². The van der Waals surface area contributed by atoms with Crippen LogP contribution in [0, 0.1) is 36.8 Å². The van der Waals surface area contributed by atoms with Gasteiger partial charge in [0.15, 0.2) is 11.6 Å². The molecule has 8 heteroatoms. The Kier molecular flexibility index (Phi) is 6.33. The number of furan rings is 1. The monoisotopic (exact) mass is 412 g/mol. The SMILES string of the molecule is Cc1c(C#N)c(NC(=O)CN[C@H](C)c2ccc(F)c(F)c2)n(Cc2ccco2)c1C. The van der Waals surface area contributed by atoms with Crippen LogP contribution in [0.5, 0.6) is 0 Å². The van der Waals surface area contributed by atoms with E-state index >= 15 is 0 Å². The lowest BCUT2D eigenvalue weighted by Gasteiger charge is -2.16. The van der Waals surface area contributed by atoms with E-state index in [-0.39, 0.29) is 18.5 Å². The molecule has 1 amide bonds. The van der Waals surface area contributed by atoms with Gasteiger partial charge >= 0.3 is 0 Å². The molecule has 0 aliphatic rings. The van der Waals surface area contributed by atoms with Crippen molar-refractivity contribution in [3.05, 3.63) is 76.4 Å². The highest BCUT2D eigenvalue weighted by molar-refractivity contribution is 5.93. The van der Waals surface area contributed by atoms with Crippen molar-refractivity contribution in [2.45, 2.75) is 33.4 Å². The molecular weight excluding hydrogens is 390 g/mol. The highest BCUT2D eigenvalue weighted by Gasteiger charge is 2.20. The summed E-state index contributed by atoms with van der Waals surface area (Å²) in [7, 11) is 0. The van der Waals surface area contributed by atoms with E-state index in [1.165, 1.54) is 6.07 Å². The molecule has 2 heterocycles. The van der Waals surface area contributed by atoms with E-state index in [2.05, 4.69) is 16.7 Å². The maximum atomic E-state index is 13.4. The van der Waals surface area contributed by atoms with Gasteiger partial charge in [-0.1, -0.05) is 6.07 Å². The lowest BCUT2D eigenvalue weighted by atomic mass is 10.1. The van der Waals surface area contributed by atoms with E-state index in [1.54, 1.807) is 19.3 Å². The summed E-state index contributed by atoms with van der Waals surface area (Å²) in [5, 5.41) is 15.3. The molecule has 156 valence electrons. The Balaban J connectivity index is 1.73. The van der Waals surface area contributed by atoms with Crippen molar-refractivity contribution < 1.29 is 18.0 Å². The minimum Gasteiger partial charge on any atom is -0.467 e. The molecule has 0 bridgehead atoms. The second-order valence-corrected chi connectivity index (χ2v) is 7.04. The molecule has 1 atom stereocenters. The van der Waals surface area contributed by atoms with Gasteiger partial charge in [0, 0.05) is 11.7 Å². The standard InChI is InChI=1S/C22H22F2N4O2/c1-13-15(3)28(12-17-5-4-8-30-17)22(18(13)10-25)27-21(29)11-26-14(2)16-6-7-19(23)20(24)9-16/h4-9,14,26H,11-12H2,1-3H3,(H,27,29)/t14-/m1/s1. The van der Waals surface area contributed by atoms with Gasteiger partial charge in [0.1, 0.15) is 17.6 Å². The highest BCUT2D eigenvalue weighted by Crippen LogP contribution is 2.27. The first kappa shape index (κ1) is 21.3. The molecule has 30 heavy (non-hydrogen) atoms. The largest absolute Gasteiger partial charge is 0.467 e. The Labute approximate surface area is 173 Å². The highest BCUT2D eigenvalue weighted by atomic mass is 19.2. The number of carbonyl (C=O) groups excluding carboxylic acids is 1. The van der Waals surface area contributed by atoms with Crippen molar-refractivity contribution >= 4 is 11.7 Å². The lowest BCUT2D eigenvalue weighted by Crippen LogP contribution is -2.31. The topological polar surface area (TPSA) is 83.0 Å². The van der Waals surface area contributed by atoms with Crippen molar-refractivity contribution in [2.24, 2.45) is 0 Å². The third kappa shape index (κ3) is 4.42. The van der Waals surface area contributed by atoms with Crippen molar-refractivity contribution in [1.82, 2.24) is 9.88 Å². The summed E-state index contributed by atoms with van der Waals surface area (Å²) < 4.78 is 33.7. The quantitative estimate of drug-likeness (QED) is 0.610. The van der Waals surface area contributed by atoms with Gasteiger partial charge in [-0.05, 0) is 56.2 Å². The van der Waals surface area contributed by atoms with Crippen LogP contribution in [-0.2, 0) is 11.3 Å². The number of aromatic nitrogens is 1. The first-order chi connectivity index (χ1) is 14.3. The molecule has 6 nitrogen and oxygen atoms in total. The molecule has 0 radical (unpaired) electrons. The summed E-state index contributed by atoms with van der Waals surface area (Å²) in [6.45, 7) is 5.74. The predicted molar refractivity (Wildman–Crippen MR) is 108 cm³/mol. The summed E-state index contributed by atoms with van der Waals surface area (Å²) in [6, 6.07) is 8.97. The molecule has 0 saturated heterocycles. The number of nitriles is 1. The van der Waals surface area contributed by atoms with E-state index in [4.69, 9.17) is 4.42 Å². The number of halogens is 2. The van der Waals surface area contributed by atoms with Crippen molar-refractivity contribution in [3.8, 4) is 6.07 Å². The van der Waals surface area contributed by atoms with Gasteiger partial charge in [-0.25, -0.2) is 8.78 Å². The van der Waals surface area contributed by atoms with Gasteiger partial charge in [-0.3, -0.25) is 4.79 Å². The Morgan fingerprint density at radius 1 is 1.27 bits per heavy atom. The van der Waals surface area contributed by atoms with Crippen LogP contribution in [0.3, 0.4) is 0 Å². The van der Waals surface area contributed by atoms with Crippen molar-refractivity contribution in [1.29, 1.82) is 5.26 Å². The molecule has 2 N–H and O–H groups in total. The van der Waals surface area contributed by atoms with Crippen molar-refractivity contribution in [2.75, 3.05) is 11.9 Å². The summed E-state index contributed by atoms with van der Waals surface area (Å²) in [6.07, 6.45) is 1.56. The van der Waals surface area contributed by atoms with Crippen LogP contribution >= 0.6 is 0 Å². The maximum Gasteiger partial charge on any atom is 0.239 e. The fourth-order valence-corrected chi connectivity index (χ4v) is 3.21. The number of nitrogens with zero attached hydrogens (tertiary/aromatic N) is 2. The van der Waals surface area contributed by atoms with Gasteiger partial charge < -0.3 is 19.6 Å². The van der Waals surface area contributed by atoms with E-state index < -0.39 is 11.6 Å². The van der Waals surface area contributed by atoms with Crippen LogP contribution in [0.1, 0.15) is 41.1 Å². The molecule has 1 aromatic carbocycles. The summed E-state index contributed by atoms with van der Waals surface area (Å²) in [5.41, 5.74) is 2.54. The zero-order valence-electron chi connectivity index (χ0n) is 16.9. The van der Waals surface area contributed by atoms with E-state index in [9.17, 15) is 18.8 Å². The minimum atomic E-state index is -0.939. The molecule has 3 rings (SSSR count). The predicted octanol–water partition coefficient (Wildman–Crippen LogP) is 4.19. The number of hydrogen-bond acceptors (Lipinski definition) is 4. The van der Waals surface area contributed by atoms with Crippen molar-refractivity contribution in [3.63, 3.8) is 0 Å². The van der Waals surface area contributed by atoms with Crippen LogP contribution < -0.4 is 10.6 Å². The van der Waals surface area contributed by atoms with Gasteiger partial charge in [-0.2, -0.15) is 5.26 Å². The molecule has 0 spiro atoms. The van der Waals surface area contributed by atoms with E-state index in [0.29, 0.717) is 29.2 Å². The Morgan fingerprint density at radius 2 is 2.03 bits per heavy atom. The fraction of sp³-hybridized carbons (Fsp3) is 0.273. The average molecular weight is 412 g/mol. The lowest BCUT2D eigenvalue weighted by molar-refractivity contribution is -0.115. The van der Waals surface area contributed by atoms with Gasteiger partial charge in [0.05, 0.1) is 24.9 Å². The molecule has 3 aromatic rings. The smallest absolute Gasteiger partial charge is 0.239 e. The van der Waals surface area contributed by atoms with Crippen LogP contribution in [0.15, 0.2) is 41.0 Å². The fourth-order valence-electron chi connectivity index (χ4n) is 3.21. The zero-order chi connectivity index (χ0) is 21.8. The molecule has 0 aliphatic heterocycles. The number of hydrogen-bond donors (Lipinski definition) is 2. The van der Waals surface area contributed by atoms with E-state index in [1.807, 2.05) is 24.5 Å². The van der Waals surface area contributed by atoms with Crippen LogP contribution in [0.25, 0.3) is 0 Å². The molecule has 2 aromatic heterocycles.